The maximum Gasteiger partial charge on any atom is 0.248 e. The Morgan fingerprint density at radius 2 is 1.92 bits per heavy atom. The fraction of sp³-hybridized carbons (Fsp3) is 0.150. The van der Waals surface area contributed by atoms with Gasteiger partial charge in [0.1, 0.15) is 5.01 Å². The normalized spacial score (nSPS) is 10.5. The van der Waals surface area contributed by atoms with E-state index < -0.39 is 5.91 Å². The predicted molar refractivity (Wildman–Crippen MR) is 104 cm³/mol. The van der Waals surface area contributed by atoms with Crippen LogP contribution in [0.5, 0.6) is 0 Å². The lowest BCUT2D eigenvalue weighted by atomic mass is 10.1. The van der Waals surface area contributed by atoms with Gasteiger partial charge in [-0.2, -0.15) is 0 Å². The van der Waals surface area contributed by atoms with E-state index in [-0.39, 0.29) is 12.3 Å². The maximum atomic E-state index is 12.2. The quantitative estimate of drug-likeness (QED) is 0.699. The molecule has 2 aromatic carbocycles. The Balaban J connectivity index is 1.65. The summed E-state index contributed by atoms with van der Waals surface area (Å²) in [7, 11) is 0. The van der Waals surface area contributed by atoms with E-state index in [0.717, 1.165) is 17.0 Å². The number of hydrogen-bond acceptors (Lipinski definition) is 4. The summed E-state index contributed by atoms with van der Waals surface area (Å²) in [6.07, 6.45) is 1.17. The molecule has 1 heterocycles. The minimum absolute atomic E-state index is 0.171. The number of carbonyl (C=O) groups is 2. The van der Waals surface area contributed by atoms with E-state index in [0.29, 0.717) is 16.9 Å². The minimum Gasteiger partial charge on any atom is -0.366 e. The number of anilines is 1. The molecule has 1 aromatic heterocycles. The third kappa shape index (κ3) is 4.34. The van der Waals surface area contributed by atoms with E-state index >= 15 is 0 Å². The lowest BCUT2D eigenvalue weighted by Crippen LogP contribution is -2.16. The van der Waals surface area contributed by atoms with Crippen LogP contribution in [0.1, 0.15) is 28.5 Å². The van der Waals surface area contributed by atoms with Gasteiger partial charge in [-0.05, 0) is 30.2 Å². The van der Waals surface area contributed by atoms with Gasteiger partial charge in [-0.3, -0.25) is 9.59 Å². The molecule has 0 aliphatic heterocycles. The van der Waals surface area contributed by atoms with E-state index in [1.807, 2.05) is 5.38 Å². The van der Waals surface area contributed by atoms with Gasteiger partial charge in [-0.25, -0.2) is 4.98 Å². The molecule has 0 bridgehead atoms. The molecule has 0 radical (unpaired) electrons. The SMILES string of the molecule is CCc1ccc(-c2nc(CC(=O)Nc3cccc(C(N)=O)c3)cs2)cc1. The van der Waals surface area contributed by atoms with Crippen LogP contribution >= 0.6 is 11.3 Å². The number of rotatable bonds is 6. The van der Waals surface area contributed by atoms with Crippen LogP contribution in [-0.4, -0.2) is 16.8 Å². The zero-order valence-electron chi connectivity index (χ0n) is 14.4. The number of aryl methyl sites for hydroxylation is 1. The topological polar surface area (TPSA) is 85.1 Å². The fourth-order valence-corrected chi connectivity index (χ4v) is 3.35. The highest BCUT2D eigenvalue weighted by atomic mass is 32.1. The van der Waals surface area contributed by atoms with Crippen LogP contribution in [0.15, 0.2) is 53.9 Å². The first-order chi connectivity index (χ1) is 12.5. The molecule has 0 saturated carbocycles. The highest BCUT2D eigenvalue weighted by Crippen LogP contribution is 2.24. The summed E-state index contributed by atoms with van der Waals surface area (Å²) in [6.45, 7) is 2.12. The first-order valence-electron chi connectivity index (χ1n) is 8.28. The second-order valence-corrected chi connectivity index (χ2v) is 6.72. The van der Waals surface area contributed by atoms with Crippen LogP contribution in [0.4, 0.5) is 5.69 Å². The number of carbonyl (C=O) groups excluding carboxylic acids is 2. The van der Waals surface area contributed by atoms with Crippen molar-refractivity contribution in [2.24, 2.45) is 5.73 Å². The average Bonchev–Trinajstić information content (AvgIpc) is 3.10. The highest BCUT2D eigenvalue weighted by Gasteiger charge is 2.10. The molecule has 0 aliphatic carbocycles. The standard InChI is InChI=1S/C20H19N3O2S/c1-2-13-6-8-14(9-7-13)20-23-17(12-26-20)11-18(24)22-16-5-3-4-15(10-16)19(21)25/h3-10,12H,2,11H2,1H3,(H2,21,25)(H,22,24). The van der Waals surface area contributed by atoms with Crippen molar-refractivity contribution < 1.29 is 9.59 Å². The summed E-state index contributed by atoms with van der Waals surface area (Å²) >= 11 is 1.52. The van der Waals surface area contributed by atoms with Gasteiger partial charge in [0.05, 0.1) is 12.1 Å². The van der Waals surface area contributed by atoms with E-state index in [1.165, 1.54) is 16.9 Å². The van der Waals surface area contributed by atoms with Crippen molar-refractivity contribution in [2.75, 3.05) is 5.32 Å². The van der Waals surface area contributed by atoms with Gasteiger partial charge in [0.15, 0.2) is 0 Å². The number of hydrogen-bond donors (Lipinski definition) is 2. The van der Waals surface area contributed by atoms with E-state index in [1.54, 1.807) is 24.3 Å². The number of aromatic nitrogens is 1. The molecule has 26 heavy (non-hydrogen) atoms. The Morgan fingerprint density at radius 1 is 1.15 bits per heavy atom. The van der Waals surface area contributed by atoms with Crippen molar-refractivity contribution in [3.05, 3.63) is 70.7 Å². The number of nitrogens with one attached hydrogen (secondary N) is 1. The molecule has 5 nitrogen and oxygen atoms in total. The summed E-state index contributed by atoms with van der Waals surface area (Å²) in [5, 5.41) is 5.55. The number of thiazole rings is 1. The van der Waals surface area contributed by atoms with Gasteiger partial charge >= 0.3 is 0 Å². The molecule has 3 aromatic rings. The Kier molecular flexibility index (Phi) is 5.43. The summed E-state index contributed by atoms with van der Waals surface area (Å²) < 4.78 is 0. The second-order valence-electron chi connectivity index (χ2n) is 5.86. The van der Waals surface area contributed by atoms with Crippen molar-refractivity contribution >= 4 is 28.8 Å². The molecular weight excluding hydrogens is 346 g/mol. The number of benzene rings is 2. The number of nitrogens with zero attached hydrogens (tertiary/aromatic N) is 1. The molecule has 3 N–H and O–H groups in total. The highest BCUT2D eigenvalue weighted by molar-refractivity contribution is 7.13. The zero-order valence-corrected chi connectivity index (χ0v) is 15.2. The molecule has 0 aliphatic rings. The van der Waals surface area contributed by atoms with E-state index in [4.69, 9.17) is 5.73 Å². The fourth-order valence-electron chi connectivity index (χ4n) is 2.52. The molecule has 0 unspecified atom stereocenters. The lowest BCUT2D eigenvalue weighted by molar-refractivity contribution is -0.115. The van der Waals surface area contributed by atoms with Gasteiger partial charge in [0.25, 0.3) is 0 Å². The number of amides is 2. The van der Waals surface area contributed by atoms with Gasteiger partial charge in [0.2, 0.25) is 11.8 Å². The first kappa shape index (κ1) is 17.8. The van der Waals surface area contributed by atoms with Crippen molar-refractivity contribution in [3.8, 4) is 10.6 Å². The molecule has 0 spiro atoms. The smallest absolute Gasteiger partial charge is 0.248 e. The van der Waals surface area contributed by atoms with Gasteiger partial charge in [-0.15, -0.1) is 11.3 Å². The van der Waals surface area contributed by atoms with E-state index in [2.05, 4.69) is 41.5 Å². The Bertz CT molecular complexity index is 932. The third-order valence-electron chi connectivity index (χ3n) is 3.93. The summed E-state index contributed by atoms with van der Waals surface area (Å²) in [6, 6.07) is 14.8. The van der Waals surface area contributed by atoms with Crippen molar-refractivity contribution in [3.63, 3.8) is 0 Å². The molecule has 2 amide bonds. The molecule has 3 rings (SSSR count). The average molecular weight is 365 g/mol. The minimum atomic E-state index is -0.528. The van der Waals surface area contributed by atoms with E-state index in [9.17, 15) is 9.59 Å². The molecular formula is C20H19N3O2S. The van der Waals surface area contributed by atoms with Gasteiger partial charge in [-0.1, -0.05) is 37.3 Å². The molecule has 0 saturated heterocycles. The van der Waals surface area contributed by atoms with Crippen molar-refractivity contribution in [2.45, 2.75) is 19.8 Å². The van der Waals surface area contributed by atoms with Crippen LogP contribution in [0.3, 0.4) is 0 Å². The molecule has 6 heteroatoms. The van der Waals surface area contributed by atoms with Crippen LogP contribution in [0.2, 0.25) is 0 Å². The first-order valence-corrected chi connectivity index (χ1v) is 9.16. The monoisotopic (exact) mass is 365 g/mol. The van der Waals surface area contributed by atoms with Crippen molar-refractivity contribution in [1.82, 2.24) is 4.98 Å². The second kappa shape index (κ2) is 7.93. The lowest BCUT2D eigenvalue weighted by Gasteiger charge is -2.05. The van der Waals surface area contributed by atoms with Crippen LogP contribution < -0.4 is 11.1 Å². The Hall–Kier alpha value is -2.99. The maximum absolute atomic E-state index is 12.2. The van der Waals surface area contributed by atoms with Gasteiger partial charge in [0, 0.05) is 22.2 Å². The molecule has 0 fully saturated rings. The molecule has 132 valence electrons. The zero-order chi connectivity index (χ0) is 18.5. The van der Waals surface area contributed by atoms with Crippen molar-refractivity contribution in [1.29, 1.82) is 0 Å². The predicted octanol–water partition coefficient (Wildman–Crippen LogP) is 3.65. The largest absolute Gasteiger partial charge is 0.366 e. The summed E-state index contributed by atoms with van der Waals surface area (Å²) in [5.41, 5.74) is 9.19. The third-order valence-corrected chi connectivity index (χ3v) is 4.87. The van der Waals surface area contributed by atoms with Crippen LogP contribution in [0.25, 0.3) is 10.6 Å². The van der Waals surface area contributed by atoms with Crippen LogP contribution in [0, 0.1) is 0 Å². The molecule has 0 atom stereocenters. The van der Waals surface area contributed by atoms with Gasteiger partial charge < -0.3 is 11.1 Å². The summed E-state index contributed by atoms with van der Waals surface area (Å²) in [4.78, 5) is 28.0. The number of primary amides is 1. The Morgan fingerprint density at radius 3 is 2.62 bits per heavy atom. The van der Waals surface area contributed by atoms with Crippen LogP contribution in [-0.2, 0) is 17.6 Å². The number of nitrogens with two attached hydrogens (primary N) is 1. The summed E-state index contributed by atoms with van der Waals surface area (Å²) in [5.74, 6) is -0.718. The Labute approximate surface area is 155 Å².